The molecule has 0 saturated carbocycles. The molecule has 0 bridgehead atoms. The van der Waals surface area contributed by atoms with Crippen LogP contribution in [0.2, 0.25) is 0 Å². The Bertz CT molecular complexity index is 519. The largest absolute Gasteiger partial charge is 0.481 e. The van der Waals surface area contributed by atoms with Crippen molar-refractivity contribution in [2.45, 2.75) is 0 Å². The molecule has 1 amide bonds. The number of nitrogens with one attached hydrogen (secondary N) is 1. The summed E-state index contributed by atoms with van der Waals surface area (Å²) >= 11 is 0. The van der Waals surface area contributed by atoms with Crippen molar-refractivity contribution in [1.29, 1.82) is 0 Å². The maximum Gasteiger partial charge on any atom is 0.306 e. The van der Waals surface area contributed by atoms with Crippen LogP contribution in [0, 0.1) is 0 Å². The average Bonchev–Trinajstić information content (AvgIpc) is 2.87. The zero-order valence-corrected chi connectivity index (χ0v) is 9.43. The number of carbonyl (C=O) groups is 1. The quantitative estimate of drug-likeness (QED) is 0.859. The van der Waals surface area contributed by atoms with Crippen molar-refractivity contribution in [2.75, 3.05) is 14.2 Å². The highest BCUT2D eigenvalue weighted by molar-refractivity contribution is 5.89. The van der Waals surface area contributed by atoms with Crippen LogP contribution in [-0.4, -0.2) is 30.0 Å². The van der Waals surface area contributed by atoms with Crippen LogP contribution < -0.4 is 10.1 Å². The minimum absolute atomic E-state index is 0.0262. The van der Waals surface area contributed by atoms with Gasteiger partial charge in [0.2, 0.25) is 5.88 Å². The Morgan fingerprint density at radius 1 is 1.47 bits per heavy atom. The highest BCUT2D eigenvalue weighted by Gasteiger charge is 2.12. The van der Waals surface area contributed by atoms with Gasteiger partial charge in [0.15, 0.2) is 0 Å². The smallest absolute Gasteiger partial charge is 0.306 e. The van der Waals surface area contributed by atoms with Crippen molar-refractivity contribution >= 4 is 5.91 Å². The molecule has 2 heterocycles. The molecule has 0 spiro atoms. The number of hydrogen-bond acceptors (Lipinski definition) is 5. The summed E-state index contributed by atoms with van der Waals surface area (Å²) in [6.45, 7) is 0. The summed E-state index contributed by atoms with van der Waals surface area (Å²) in [6, 6.07) is 3.50. The third kappa shape index (κ3) is 2.25. The molecule has 2 aromatic heterocycles. The van der Waals surface area contributed by atoms with Crippen LogP contribution in [0.4, 0.5) is 0 Å². The molecule has 0 aromatic carbocycles. The van der Waals surface area contributed by atoms with Crippen LogP contribution in [-0.2, 0) is 0 Å². The summed E-state index contributed by atoms with van der Waals surface area (Å²) in [4.78, 5) is 19.3. The fourth-order valence-electron chi connectivity index (χ4n) is 1.27. The van der Waals surface area contributed by atoms with Gasteiger partial charge in [-0.25, -0.2) is 9.97 Å². The highest BCUT2D eigenvalue weighted by Crippen LogP contribution is 2.19. The van der Waals surface area contributed by atoms with E-state index in [1.165, 1.54) is 13.3 Å². The summed E-state index contributed by atoms with van der Waals surface area (Å²) in [5.41, 5.74) is 1.31. The van der Waals surface area contributed by atoms with E-state index in [2.05, 4.69) is 15.3 Å². The van der Waals surface area contributed by atoms with Crippen molar-refractivity contribution in [3.05, 3.63) is 30.5 Å². The average molecular weight is 233 g/mol. The van der Waals surface area contributed by atoms with E-state index in [0.29, 0.717) is 11.6 Å². The van der Waals surface area contributed by atoms with E-state index in [1.807, 2.05) is 0 Å². The molecule has 0 saturated heterocycles. The Balaban J connectivity index is 2.27. The topological polar surface area (TPSA) is 77.2 Å². The molecule has 0 radical (unpaired) electrons. The van der Waals surface area contributed by atoms with Gasteiger partial charge in [0.05, 0.1) is 7.11 Å². The van der Waals surface area contributed by atoms with Crippen LogP contribution in [0.15, 0.2) is 29.0 Å². The van der Waals surface area contributed by atoms with Gasteiger partial charge in [-0.05, 0) is 6.07 Å². The van der Waals surface area contributed by atoms with E-state index >= 15 is 0 Å². The number of pyridine rings is 1. The van der Waals surface area contributed by atoms with Gasteiger partial charge in [-0.2, -0.15) is 0 Å². The first-order valence-corrected chi connectivity index (χ1v) is 4.92. The number of amides is 1. The fraction of sp³-hybridized carbons (Fsp3) is 0.182. The minimum Gasteiger partial charge on any atom is -0.481 e. The molecule has 2 aromatic rings. The Labute approximate surface area is 97.6 Å². The molecule has 0 aliphatic rings. The van der Waals surface area contributed by atoms with Gasteiger partial charge >= 0.3 is 5.91 Å². The standard InChI is InChI=1S/C11H11N3O3/c1-12-10(15)11-14-8(6-17-11)7-3-4-9(16-2)13-5-7/h3-6H,1-2H3,(H,12,15). The molecule has 2 rings (SSSR count). The predicted octanol–water partition coefficient (Wildman–Crippen LogP) is 1.10. The molecule has 0 unspecified atom stereocenters. The SMILES string of the molecule is CNC(=O)c1nc(-c2ccc(OC)nc2)co1. The Morgan fingerprint density at radius 2 is 2.29 bits per heavy atom. The van der Waals surface area contributed by atoms with Crippen molar-refractivity contribution in [2.24, 2.45) is 0 Å². The van der Waals surface area contributed by atoms with Crippen molar-refractivity contribution in [1.82, 2.24) is 15.3 Å². The van der Waals surface area contributed by atoms with Crippen LogP contribution in [0.1, 0.15) is 10.7 Å². The predicted molar refractivity (Wildman–Crippen MR) is 59.7 cm³/mol. The first kappa shape index (κ1) is 11.1. The summed E-state index contributed by atoms with van der Waals surface area (Å²) in [6.07, 6.45) is 3.01. The second-order valence-corrected chi connectivity index (χ2v) is 3.21. The van der Waals surface area contributed by atoms with Crippen LogP contribution in [0.3, 0.4) is 0 Å². The summed E-state index contributed by atoms with van der Waals surface area (Å²) in [7, 11) is 3.06. The molecule has 0 fully saturated rings. The first-order chi connectivity index (χ1) is 8.24. The lowest BCUT2D eigenvalue weighted by atomic mass is 10.2. The molecule has 88 valence electrons. The summed E-state index contributed by atoms with van der Waals surface area (Å²) < 4.78 is 9.99. The minimum atomic E-state index is -0.363. The highest BCUT2D eigenvalue weighted by atomic mass is 16.5. The monoisotopic (exact) mass is 233 g/mol. The lowest BCUT2D eigenvalue weighted by molar-refractivity contribution is 0.0929. The second kappa shape index (κ2) is 4.65. The van der Waals surface area contributed by atoms with Crippen molar-refractivity contribution in [3.8, 4) is 17.1 Å². The normalized spacial score (nSPS) is 10.0. The number of nitrogens with zero attached hydrogens (tertiary/aromatic N) is 2. The third-order valence-electron chi connectivity index (χ3n) is 2.17. The number of oxazole rings is 1. The second-order valence-electron chi connectivity index (χ2n) is 3.21. The Kier molecular flexibility index (Phi) is 3.04. The Morgan fingerprint density at radius 3 is 2.88 bits per heavy atom. The summed E-state index contributed by atoms with van der Waals surface area (Å²) in [5.74, 6) is 0.180. The molecule has 0 aliphatic carbocycles. The van der Waals surface area contributed by atoms with Gasteiger partial charge < -0.3 is 14.5 Å². The number of ether oxygens (including phenoxy) is 1. The molecule has 6 nitrogen and oxygen atoms in total. The molecule has 17 heavy (non-hydrogen) atoms. The van der Waals surface area contributed by atoms with Gasteiger partial charge in [-0.3, -0.25) is 4.79 Å². The van der Waals surface area contributed by atoms with Gasteiger partial charge in [0.25, 0.3) is 5.89 Å². The van der Waals surface area contributed by atoms with E-state index in [1.54, 1.807) is 25.4 Å². The molecular weight excluding hydrogens is 222 g/mol. The lowest BCUT2D eigenvalue weighted by Gasteiger charge is -1.98. The molecule has 0 atom stereocenters. The third-order valence-corrected chi connectivity index (χ3v) is 2.17. The van der Waals surface area contributed by atoms with Crippen LogP contribution >= 0.6 is 0 Å². The van der Waals surface area contributed by atoms with Gasteiger partial charge in [-0.1, -0.05) is 0 Å². The van der Waals surface area contributed by atoms with E-state index in [0.717, 1.165) is 5.56 Å². The van der Waals surface area contributed by atoms with E-state index in [4.69, 9.17) is 9.15 Å². The zero-order valence-electron chi connectivity index (χ0n) is 9.43. The van der Waals surface area contributed by atoms with Crippen molar-refractivity contribution < 1.29 is 13.9 Å². The van der Waals surface area contributed by atoms with Gasteiger partial charge in [0, 0.05) is 24.9 Å². The van der Waals surface area contributed by atoms with Crippen LogP contribution in [0.5, 0.6) is 5.88 Å². The maximum atomic E-state index is 11.3. The number of aromatic nitrogens is 2. The molecule has 1 N–H and O–H groups in total. The first-order valence-electron chi connectivity index (χ1n) is 4.92. The number of rotatable bonds is 3. The van der Waals surface area contributed by atoms with Gasteiger partial charge in [0.1, 0.15) is 12.0 Å². The fourth-order valence-corrected chi connectivity index (χ4v) is 1.27. The molecule has 6 heteroatoms. The molecular formula is C11H11N3O3. The molecule has 0 aliphatic heterocycles. The van der Waals surface area contributed by atoms with Crippen LogP contribution in [0.25, 0.3) is 11.3 Å². The van der Waals surface area contributed by atoms with E-state index in [9.17, 15) is 4.79 Å². The zero-order chi connectivity index (χ0) is 12.3. The van der Waals surface area contributed by atoms with E-state index in [-0.39, 0.29) is 11.8 Å². The van der Waals surface area contributed by atoms with Crippen molar-refractivity contribution in [3.63, 3.8) is 0 Å². The van der Waals surface area contributed by atoms with Gasteiger partial charge in [-0.15, -0.1) is 0 Å². The number of carbonyl (C=O) groups excluding carboxylic acids is 1. The number of methoxy groups -OCH3 is 1. The maximum absolute atomic E-state index is 11.3. The number of hydrogen-bond donors (Lipinski definition) is 1. The lowest BCUT2D eigenvalue weighted by Crippen LogP contribution is -2.17. The summed E-state index contributed by atoms with van der Waals surface area (Å²) in [5, 5.41) is 2.43. The van der Waals surface area contributed by atoms with E-state index < -0.39 is 0 Å². The Hall–Kier alpha value is -2.37.